The molecule has 0 saturated heterocycles. The summed E-state index contributed by atoms with van der Waals surface area (Å²) in [5, 5.41) is 5.73. The molecule has 0 aliphatic carbocycles. The van der Waals surface area contributed by atoms with Gasteiger partial charge in [-0.2, -0.15) is 0 Å². The van der Waals surface area contributed by atoms with Crippen molar-refractivity contribution in [2.75, 3.05) is 11.6 Å². The third-order valence-electron chi connectivity index (χ3n) is 3.72. The Morgan fingerprint density at radius 2 is 1.96 bits per heavy atom. The Morgan fingerprint density at radius 3 is 2.68 bits per heavy atom. The maximum atomic E-state index is 12.0. The van der Waals surface area contributed by atoms with E-state index in [4.69, 9.17) is 0 Å². The van der Waals surface area contributed by atoms with Crippen molar-refractivity contribution in [3.63, 3.8) is 0 Å². The van der Waals surface area contributed by atoms with E-state index in [1.165, 1.54) is 10.5 Å². The standard InChI is InChI=1S/C19H20N4OS/c1-25-18-7-5-17(6-8-18)22-19(24)21-12-15-3-2-4-16(11-15)13-23-10-9-20-14-23/h2-11,14H,12-13H2,1H3,(H2,21,22,24). The smallest absolute Gasteiger partial charge is 0.319 e. The largest absolute Gasteiger partial charge is 0.334 e. The average molecular weight is 352 g/mol. The highest BCUT2D eigenvalue weighted by atomic mass is 32.2. The number of amides is 2. The summed E-state index contributed by atoms with van der Waals surface area (Å²) >= 11 is 1.67. The number of benzene rings is 2. The van der Waals surface area contributed by atoms with Crippen LogP contribution in [0.3, 0.4) is 0 Å². The highest BCUT2D eigenvalue weighted by molar-refractivity contribution is 7.98. The average Bonchev–Trinajstić information content (AvgIpc) is 3.14. The minimum atomic E-state index is -0.211. The van der Waals surface area contributed by atoms with E-state index in [1.54, 1.807) is 24.3 Å². The first kappa shape index (κ1) is 17.1. The van der Waals surface area contributed by atoms with E-state index < -0.39 is 0 Å². The van der Waals surface area contributed by atoms with Gasteiger partial charge in [0.05, 0.1) is 6.33 Å². The van der Waals surface area contributed by atoms with Crippen LogP contribution < -0.4 is 10.6 Å². The first-order chi connectivity index (χ1) is 12.2. The lowest BCUT2D eigenvalue weighted by Gasteiger charge is -2.09. The molecule has 0 unspecified atom stereocenters. The fourth-order valence-corrected chi connectivity index (χ4v) is 2.87. The lowest BCUT2D eigenvalue weighted by Crippen LogP contribution is -2.28. The number of urea groups is 1. The summed E-state index contributed by atoms with van der Waals surface area (Å²) < 4.78 is 2.01. The quantitative estimate of drug-likeness (QED) is 0.660. The molecule has 3 aromatic rings. The second-order valence-electron chi connectivity index (χ2n) is 5.59. The molecule has 6 heteroatoms. The Labute approximate surface area is 151 Å². The van der Waals surface area contributed by atoms with E-state index in [0.29, 0.717) is 6.54 Å². The van der Waals surface area contributed by atoms with Gasteiger partial charge in [0.1, 0.15) is 0 Å². The number of thioether (sulfide) groups is 1. The van der Waals surface area contributed by atoms with Crippen molar-refractivity contribution in [1.82, 2.24) is 14.9 Å². The van der Waals surface area contributed by atoms with E-state index in [-0.39, 0.29) is 6.03 Å². The Balaban J connectivity index is 1.52. The van der Waals surface area contributed by atoms with Gasteiger partial charge in [-0.1, -0.05) is 24.3 Å². The van der Waals surface area contributed by atoms with Gasteiger partial charge in [0.15, 0.2) is 0 Å². The number of carbonyl (C=O) groups is 1. The topological polar surface area (TPSA) is 59.0 Å². The summed E-state index contributed by atoms with van der Waals surface area (Å²) in [6, 6.07) is 15.7. The van der Waals surface area contributed by atoms with Crippen LogP contribution in [0, 0.1) is 0 Å². The minimum absolute atomic E-state index is 0.211. The molecule has 0 aliphatic heterocycles. The number of anilines is 1. The molecule has 0 spiro atoms. The summed E-state index contributed by atoms with van der Waals surface area (Å²) in [5.74, 6) is 0. The van der Waals surface area contributed by atoms with Crippen LogP contribution in [0.15, 0.2) is 72.1 Å². The summed E-state index contributed by atoms with van der Waals surface area (Å²) in [4.78, 5) is 17.3. The molecule has 5 nitrogen and oxygen atoms in total. The molecule has 0 saturated carbocycles. The maximum Gasteiger partial charge on any atom is 0.319 e. The number of aromatic nitrogens is 2. The molecule has 2 N–H and O–H groups in total. The van der Waals surface area contributed by atoms with Gasteiger partial charge in [0, 0.05) is 36.1 Å². The Bertz CT molecular complexity index is 816. The molecule has 25 heavy (non-hydrogen) atoms. The zero-order chi connectivity index (χ0) is 17.5. The van der Waals surface area contributed by atoms with Crippen LogP contribution in [0.5, 0.6) is 0 Å². The van der Waals surface area contributed by atoms with Gasteiger partial charge in [0.2, 0.25) is 0 Å². The highest BCUT2D eigenvalue weighted by Gasteiger charge is 2.03. The van der Waals surface area contributed by atoms with Gasteiger partial charge < -0.3 is 15.2 Å². The van der Waals surface area contributed by atoms with Crippen molar-refractivity contribution < 1.29 is 4.79 Å². The second-order valence-corrected chi connectivity index (χ2v) is 6.47. The Hall–Kier alpha value is -2.73. The number of hydrogen-bond donors (Lipinski definition) is 2. The highest BCUT2D eigenvalue weighted by Crippen LogP contribution is 2.17. The van der Waals surface area contributed by atoms with Gasteiger partial charge in [0.25, 0.3) is 0 Å². The summed E-state index contributed by atoms with van der Waals surface area (Å²) in [5.41, 5.74) is 3.01. The third-order valence-corrected chi connectivity index (χ3v) is 4.46. The van der Waals surface area contributed by atoms with Gasteiger partial charge >= 0.3 is 6.03 Å². The van der Waals surface area contributed by atoms with Gasteiger partial charge in [-0.3, -0.25) is 0 Å². The zero-order valence-electron chi connectivity index (χ0n) is 14.0. The SMILES string of the molecule is CSc1ccc(NC(=O)NCc2cccc(Cn3ccnc3)c2)cc1. The van der Waals surface area contributed by atoms with Crippen LogP contribution in [0.25, 0.3) is 0 Å². The van der Waals surface area contributed by atoms with E-state index in [0.717, 1.165) is 17.8 Å². The number of imidazole rings is 1. The van der Waals surface area contributed by atoms with Gasteiger partial charge in [-0.15, -0.1) is 11.8 Å². The number of carbonyl (C=O) groups excluding carboxylic acids is 1. The molecule has 0 radical (unpaired) electrons. The van der Waals surface area contributed by atoms with Crippen LogP contribution in [-0.4, -0.2) is 21.8 Å². The second kappa shape index (κ2) is 8.39. The number of nitrogens with one attached hydrogen (secondary N) is 2. The van der Waals surface area contributed by atoms with Gasteiger partial charge in [-0.05, 0) is 41.6 Å². The zero-order valence-corrected chi connectivity index (χ0v) is 14.8. The van der Waals surface area contributed by atoms with Crippen molar-refractivity contribution in [1.29, 1.82) is 0 Å². The van der Waals surface area contributed by atoms with Crippen LogP contribution in [-0.2, 0) is 13.1 Å². The van der Waals surface area contributed by atoms with Crippen molar-refractivity contribution in [2.45, 2.75) is 18.0 Å². The first-order valence-electron chi connectivity index (χ1n) is 7.95. The predicted molar refractivity (Wildman–Crippen MR) is 102 cm³/mol. The van der Waals surface area contributed by atoms with Crippen LogP contribution in [0.4, 0.5) is 10.5 Å². The predicted octanol–water partition coefficient (Wildman–Crippen LogP) is 3.98. The monoisotopic (exact) mass is 352 g/mol. The molecule has 1 heterocycles. The van der Waals surface area contributed by atoms with E-state index in [9.17, 15) is 4.79 Å². The van der Waals surface area contributed by atoms with Crippen molar-refractivity contribution in [2.24, 2.45) is 0 Å². The molecule has 128 valence electrons. The van der Waals surface area contributed by atoms with E-state index in [1.807, 2.05) is 53.4 Å². The van der Waals surface area contributed by atoms with Crippen molar-refractivity contribution in [3.8, 4) is 0 Å². The van der Waals surface area contributed by atoms with Crippen LogP contribution in [0.1, 0.15) is 11.1 Å². The lowest BCUT2D eigenvalue weighted by atomic mass is 10.1. The molecule has 0 fully saturated rings. The van der Waals surface area contributed by atoms with E-state index in [2.05, 4.69) is 27.8 Å². The van der Waals surface area contributed by atoms with Crippen molar-refractivity contribution in [3.05, 3.63) is 78.4 Å². The molecule has 0 atom stereocenters. The van der Waals surface area contributed by atoms with Crippen molar-refractivity contribution >= 4 is 23.5 Å². The van der Waals surface area contributed by atoms with Crippen LogP contribution in [0.2, 0.25) is 0 Å². The summed E-state index contributed by atoms with van der Waals surface area (Å²) in [6.45, 7) is 1.24. The molecule has 0 bridgehead atoms. The molecule has 0 aliphatic rings. The molecule has 2 amide bonds. The molecule has 3 rings (SSSR count). The first-order valence-corrected chi connectivity index (χ1v) is 9.18. The Kier molecular flexibility index (Phi) is 5.74. The van der Waals surface area contributed by atoms with Gasteiger partial charge in [-0.25, -0.2) is 9.78 Å². The molecule has 2 aromatic carbocycles. The number of rotatable bonds is 6. The maximum absolute atomic E-state index is 12.0. The summed E-state index contributed by atoms with van der Waals surface area (Å²) in [6.07, 6.45) is 7.51. The fraction of sp³-hybridized carbons (Fsp3) is 0.158. The molecular weight excluding hydrogens is 332 g/mol. The van der Waals surface area contributed by atoms with E-state index >= 15 is 0 Å². The third kappa shape index (κ3) is 5.12. The lowest BCUT2D eigenvalue weighted by molar-refractivity contribution is 0.251. The normalized spacial score (nSPS) is 10.4. The Morgan fingerprint density at radius 1 is 1.16 bits per heavy atom. The molecule has 1 aromatic heterocycles. The number of nitrogens with zero attached hydrogens (tertiary/aromatic N) is 2. The van der Waals surface area contributed by atoms with Crippen LogP contribution >= 0.6 is 11.8 Å². The number of hydrogen-bond acceptors (Lipinski definition) is 3. The summed E-state index contributed by atoms with van der Waals surface area (Å²) in [7, 11) is 0. The molecular formula is C19H20N4OS. The minimum Gasteiger partial charge on any atom is -0.334 e. The fourth-order valence-electron chi connectivity index (χ4n) is 2.46.